The molecule has 0 heterocycles. The molecule has 0 amide bonds. The Morgan fingerprint density at radius 3 is 2.11 bits per heavy atom. The zero-order chi connectivity index (χ0) is 6.74. The zero-order valence-corrected chi connectivity index (χ0v) is 7.28. The summed E-state index contributed by atoms with van der Waals surface area (Å²) >= 11 is 3.67. The van der Waals surface area contributed by atoms with E-state index in [-0.39, 0.29) is 0 Å². The van der Waals surface area contributed by atoms with Crippen LogP contribution in [-0.2, 0) is 0 Å². The summed E-state index contributed by atoms with van der Waals surface area (Å²) in [5.74, 6) is 0. The van der Waals surface area contributed by atoms with Crippen LogP contribution in [0.2, 0.25) is 0 Å². The summed E-state index contributed by atoms with van der Waals surface area (Å²) in [6.45, 7) is 0.799. The van der Waals surface area contributed by atoms with E-state index in [1.54, 1.807) is 0 Å². The highest BCUT2D eigenvalue weighted by Crippen LogP contribution is 2.34. The fourth-order valence-electron chi connectivity index (χ4n) is 1.39. The van der Waals surface area contributed by atoms with E-state index in [2.05, 4.69) is 15.9 Å². The maximum absolute atomic E-state index is 5.59. The molecule has 0 unspecified atom stereocenters. The van der Waals surface area contributed by atoms with Crippen LogP contribution < -0.4 is 5.73 Å². The molecule has 1 saturated carbocycles. The average molecular weight is 192 g/mol. The van der Waals surface area contributed by atoms with Gasteiger partial charge in [-0.3, -0.25) is 0 Å². The molecular weight excluding hydrogens is 178 g/mol. The number of halogens is 1. The predicted molar refractivity (Wildman–Crippen MR) is 43.8 cm³/mol. The Labute approximate surface area is 65.1 Å². The molecule has 0 atom stereocenters. The molecule has 2 N–H and O–H groups in total. The van der Waals surface area contributed by atoms with Crippen LogP contribution in [0.3, 0.4) is 0 Å². The average Bonchev–Trinajstić information content (AvgIpc) is 1.90. The molecule has 0 bridgehead atoms. The van der Waals surface area contributed by atoms with Crippen LogP contribution in [-0.4, -0.2) is 10.9 Å². The van der Waals surface area contributed by atoms with Crippen molar-refractivity contribution in [2.75, 3.05) is 6.54 Å². The Balaban J connectivity index is 2.37. The lowest BCUT2D eigenvalue weighted by Crippen LogP contribution is -2.33. The maximum Gasteiger partial charge on any atom is 0.0380 e. The van der Waals surface area contributed by atoms with Crippen molar-refractivity contribution in [1.82, 2.24) is 0 Å². The van der Waals surface area contributed by atoms with Gasteiger partial charge in [-0.1, -0.05) is 35.2 Å². The fraction of sp³-hybridized carbons (Fsp3) is 1.00. The first kappa shape index (κ1) is 7.55. The molecule has 1 fully saturated rings. The Bertz CT molecular complexity index is 86.9. The maximum atomic E-state index is 5.59. The largest absolute Gasteiger partial charge is 0.329 e. The molecule has 0 aliphatic heterocycles. The summed E-state index contributed by atoms with van der Waals surface area (Å²) < 4.78 is 0.311. The third kappa shape index (κ3) is 1.94. The SMILES string of the molecule is NCC1(Br)CCCCC1. The zero-order valence-electron chi connectivity index (χ0n) is 5.70. The molecule has 0 spiro atoms. The fourth-order valence-corrected chi connectivity index (χ4v) is 1.95. The van der Waals surface area contributed by atoms with Crippen molar-refractivity contribution in [3.05, 3.63) is 0 Å². The first-order chi connectivity index (χ1) is 4.27. The van der Waals surface area contributed by atoms with Gasteiger partial charge in [0.1, 0.15) is 0 Å². The van der Waals surface area contributed by atoms with Gasteiger partial charge in [0.05, 0.1) is 0 Å². The lowest BCUT2D eigenvalue weighted by atomic mass is 9.89. The van der Waals surface area contributed by atoms with Gasteiger partial charge in [-0.2, -0.15) is 0 Å². The van der Waals surface area contributed by atoms with Gasteiger partial charge in [-0.25, -0.2) is 0 Å². The van der Waals surface area contributed by atoms with Crippen LogP contribution in [0.4, 0.5) is 0 Å². The van der Waals surface area contributed by atoms with Crippen LogP contribution >= 0.6 is 15.9 Å². The topological polar surface area (TPSA) is 26.0 Å². The second-order valence-electron chi connectivity index (χ2n) is 2.92. The normalized spacial score (nSPS) is 26.0. The molecule has 1 aliphatic carbocycles. The summed E-state index contributed by atoms with van der Waals surface area (Å²) in [4.78, 5) is 0. The van der Waals surface area contributed by atoms with Gasteiger partial charge in [0.15, 0.2) is 0 Å². The second-order valence-corrected chi connectivity index (χ2v) is 4.60. The molecule has 1 aliphatic rings. The van der Waals surface area contributed by atoms with Gasteiger partial charge >= 0.3 is 0 Å². The smallest absolute Gasteiger partial charge is 0.0380 e. The third-order valence-electron chi connectivity index (χ3n) is 2.12. The molecule has 1 rings (SSSR count). The molecular formula is C7H14BrN. The minimum absolute atomic E-state index is 0.311. The lowest BCUT2D eigenvalue weighted by Gasteiger charge is -2.29. The molecule has 54 valence electrons. The van der Waals surface area contributed by atoms with Crippen LogP contribution in [0.1, 0.15) is 32.1 Å². The van der Waals surface area contributed by atoms with Crippen molar-refractivity contribution < 1.29 is 0 Å². The van der Waals surface area contributed by atoms with Gasteiger partial charge in [-0.05, 0) is 12.8 Å². The monoisotopic (exact) mass is 191 g/mol. The predicted octanol–water partition coefficient (Wildman–Crippen LogP) is 2.04. The van der Waals surface area contributed by atoms with Gasteiger partial charge < -0.3 is 5.73 Å². The van der Waals surface area contributed by atoms with E-state index in [1.165, 1.54) is 32.1 Å². The first-order valence-corrected chi connectivity index (χ1v) is 4.45. The number of alkyl halides is 1. The molecule has 9 heavy (non-hydrogen) atoms. The summed E-state index contributed by atoms with van der Waals surface area (Å²) in [6.07, 6.45) is 6.63. The quantitative estimate of drug-likeness (QED) is 0.632. The van der Waals surface area contributed by atoms with Crippen molar-refractivity contribution in [3.8, 4) is 0 Å². The van der Waals surface area contributed by atoms with E-state index in [0.29, 0.717) is 4.32 Å². The lowest BCUT2D eigenvalue weighted by molar-refractivity contribution is 0.411. The van der Waals surface area contributed by atoms with Crippen LogP contribution in [0.5, 0.6) is 0 Å². The van der Waals surface area contributed by atoms with E-state index in [9.17, 15) is 0 Å². The standard InChI is InChI=1S/C7H14BrN/c8-7(6-9)4-2-1-3-5-7/h1-6,9H2. The summed E-state index contributed by atoms with van der Waals surface area (Å²) in [6, 6.07) is 0. The van der Waals surface area contributed by atoms with E-state index in [0.717, 1.165) is 6.54 Å². The van der Waals surface area contributed by atoms with Crippen molar-refractivity contribution in [2.45, 2.75) is 36.4 Å². The molecule has 1 nitrogen and oxygen atoms in total. The van der Waals surface area contributed by atoms with E-state index in [1.807, 2.05) is 0 Å². The molecule has 0 radical (unpaired) electrons. The summed E-state index contributed by atoms with van der Waals surface area (Å²) in [7, 11) is 0. The van der Waals surface area contributed by atoms with Gasteiger partial charge in [-0.15, -0.1) is 0 Å². The van der Waals surface area contributed by atoms with E-state index >= 15 is 0 Å². The highest BCUT2D eigenvalue weighted by atomic mass is 79.9. The van der Waals surface area contributed by atoms with E-state index in [4.69, 9.17) is 5.73 Å². The Morgan fingerprint density at radius 1 is 1.22 bits per heavy atom. The van der Waals surface area contributed by atoms with Crippen molar-refractivity contribution >= 4 is 15.9 Å². The van der Waals surface area contributed by atoms with Crippen LogP contribution in [0.25, 0.3) is 0 Å². The second kappa shape index (κ2) is 3.02. The van der Waals surface area contributed by atoms with E-state index < -0.39 is 0 Å². The molecule has 2 heteroatoms. The minimum atomic E-state index is 0.311. The number of hydrogen-bond acceptors (Lipinski definition) is 1. The first-order valence-electron chi connectivity index (χ1n) is 3.66. The molecule has 0 aromatic carbocycles. The van der Waals surface area contributed by atoms with Crippen molar-refractivity contribution in [2.24, 2.45) is 5.73 Å². The number of nitrogens with two attached hydrogens (primary N) is 1. The Hall–Kier alpha value is 0.440. The van der Waals surface area contributed by atoms with Gasteiger partial charge in [0.25, 0.3) is 0 Å². The molecule has 0 saturated heterocycles. The molecule has 0 aromatic heterocycles. The van der Waals surface area contributed by atoms with Crippen LogP contribution in [0, 0.1) is 0 Å². The Morgan fingerprint density at radius 2 is 1.78 bits per heavy atom. The number of rotatable bonds is 1. The highest BCUT2D eigenvalue weighted by Gasteiger charge is 2.26. The molecule has 0 aromatic rings. The minimum Gasteiger partial charge on any atom is -0.329 e. The van der Waals surface area contributed by atoms with Gasteiger partial charge in [0.2, 0.25) is 0 Å². The highest BCUT2D eigenvalue weighted by molar-refractivity contribution is 9.10. The van der Waals surface area contributed by atoms with Crippen molar-refractivity contribution in [1.29, 1.82) is 0 Å². The third-order valence-corrected chi connectivity index (χ3v) is 3.23. The van der Waals surface area contributed by atoms with Gasteiger partial charge in [0, 0.05) is 10.9 Å². The van der Waals surface area contributed by atoms with Crippen molar-refractivity contribution in [3.63, 3.8) is 0 Å². The summed E-state index contributed by atoms with van der Waals surface area (Å²) in [5, 5.41) is 0. The van der Waals surface area contributed by atoms with Crippen LogP contribution in [0.15, 0.2) is 0 Å². The Kier molecular flexibility index (Phi) is 2.53. The summed E-state index contributed by atoms with van der Waals surface area (Å²) in [5.41, 5.74) is 5.59. The number of hydrogen-bond donors (Lipinski definition) is 1.